The first-order valence-electron chi connectivity index (χ1n) is 10.3. The van der Waals surface area contributed by atoms with E-state index >= 15 is 0 Å². The topological polar surface area (TPSA) is 71.4 Å². The number of rotatable bonds is 6. The smallest absolute Gasteiger partial charge is 0.325 e. The standard InChI is InChI=1S/C25H25N3O3/c1-16-9-11-20(12-10-16)28-17(2)13-21(18(28)3)23(29)15-27-24(30)22(26-25(27)31)14-19-7-5-4-6-8-19/h4-13,22H,14-15H2,1-3H3,(H,26,31)/t22-/m1/s1. The third-order valence-corrected chi connectivity index (χ3v) is 5.72. The van der Waals surface area contributed by atoms with Crippen LogP contribution in [0.25, 0.3) is 5.69 Å². The minimum absolute atomic E-state index is 0.254. The van der Waals surface area contributed by atoms with Crippen LogP contribution in [-0.4, -0.2) is 39.8 Å². The van der Waals surface area contributed by atoms with E-state index in [1.807, 2.05) is 86.0 Å². The van der Waals surface area contributed by atoms with E-state index in [2.05, 4.69) is 5.32 Å². The van der Waals surface area contributed by atoms with Gasteiger partial charge in [-0.25, -0.2) is 4.79 Å². The monoisotopic (exact) mass is 415 g/mol. The van der Waals surface area contributed by atoms with Crippen LogP contribution >= 0.6 is 0 Å². The second-order valence-electron chi connectivity index (χ2n) is 8.00. The van der Waals surface area contributed by atoms with Crippen molar-refractivity contribution in [1.82, 2.24) is 14.8 Å². The van der Waals surface area contributed by atoms with Gasteiger partial charge in [-0.3, -0.25) is 14.5 Å². The van der Waals surface area contributed by atoms with Crippen LogP contribution in [0.5, 0.6) is 0 Å². The predicted octanol–water partition coefficient (Wildman–Crippen LogP) is 3.75. The normalized spacial score (nSPS) is 16.0. The summed E-state index contributed by atoms with van der Waals surface area (Å²) in [7, 11) is 0. The van der Waals surface area contributed by atoms with E-state index in [4.69, 9.17) is 0 Å². The molecule has 0 unspecified atom stereocenters. The molecule has 6 heteroatoms. The number of aromatic nitrogens is 1. The molecule has 31 heavy (non-hydrogen) atoms. The summed E-state index contributed by atoms with van der Waals surface area (Å²) in [6, 6.07) is 18.2. The van der Waals surface area contributed by atoms with Crippen LogP contribution in [0.1, 0.15) is 32.9 Å². The zero-order chi connectivity index (χ0) is 22.1. The van der Waals surface area contributed by atoms with Crippen molar-refractivity contribution in [3.8, 4) is 5.69 Å². The van der Waals surface area contributed by atoms with Gasteiger partial charge in [0.15, 0.2) is 5.78 Å². The van der Waals surface area contributed by atoms with Gasteiger partial charge in [-0.1, -0.05) is 48.0 Å². The molecule has 1 saturated heterocycles. The molecule has 1 aliphatic heterocycles. The van der Waals surface area contributed by atoms with E-state index in [1.54, 1.807) is 0 Å². The van der Waals surface area contributed by atoms with Gasteiger partial charge in [0.1, 0.15) is 6.04 Å². The number of aryl methyl sites for hydroxylation is 2. The molecule has 0 aliphatic carbocycles. The third-order valence-electron chi connectivity index (χ3n) is 5.72. The average molecular weight is 415 g/mol. The Morgan fingerprint density at radius 3 is 2.32 bits per heavy atom. The number of ketones is 1. The molecule has 1 N–H and O–H groups in total. The predicted molar refractivity (Wildman–Crippen MR) is 118 cm³/mol. The van der Waals surface area contributed by atoms with Crippen molar-refractivity contribution in [1.29, 1.82) is 0 Å². The molecular formula is C25H25N3O3. The van der Waals surface area contributed by atoms with Crippen molar-refractivity contribution in [2.75, 3.05) is 6.54 Å². The van der Waals surface area contributed by atoms with Crippen molar-refractivity contribution < 1.29 is 14.4 Å². The number of carbonyl (C=O) groups is 3. The highest BCUT2D eigenvalue weighted by molar-refractivity contribution is 6.09. The Morgan fingerprint density at radius 2 is 1.65 bits per heavy atom. The summed E-state index contributed by atoms with van der Waals surface area (Å²) < 4.78 is 2.01. The van der Waals surface area contributed by atoms with E-state index in [0.717, 1.165) is 33.1 Å². The number of Topliss-reactive ketones (excluding diaryl/α,β-unsaturated/α-hetero) is 1. The molecule has 3 aromatic rings. The lowest BCUT2D eigenvalue weighted by Gasteiger charge is -2.13. The maximum absolute atomic E-state index is 13.0. The largest absolute Gasteiger partial charge is 0.325 e. The molecule has 1 fully saturated rings. The summed E-state index contributed by atoms with van der Waals surface area (Å²) >= 11 is 0. The summed E-state index contributed by atoms with van der Waals surface area (Å²) in [5.41, 5.74) is 5.31. The fourth-order valence-electron chi connectivity index (χ4n) is 4.08. The van der Waals surface area contributed by atoms with Crippen LogP contribution in [0, 0.1) is 20.8 Å². The number of hydrogen-bond acceptors (Lipinski definition) is 3. The Kier molecular flexibility index (Phi) is 5.46. The van der Waals surface area contributed by atoms with Gasteiger partial charge < -0.3 is 9.88 Å². The highest BCUT2D eigenvalue weighted by atomic mass is 16.2. The van der Waals surface area contributed by atoms with E-state index in [0.29, 0.717) is 12.0 Å². The fraction of sp³-hybridized carbons (Fsp3) is 0.240. The summed E-state index contributed by atoms with van der Waals surface area (Å²) in [6.45, 7) is 5.57. The van der Waals surface area contributed by atoms with Crippen LogP contribution in [0.3, 0.4) is 0 Å². The summed E-state index contributed by atoms with van der Waals surface area (Å²) in [5.74, 6) is -0.620. The van der Waals surface area contributed by atoms with Gasteiger partial charge in [0.25, 0.3) is 5.91 Å². The number of hydrogen-bond donors (Lipinski definition) is 1. The maximum atomic E-state index is 13.0. The van der Waals surface area contributed by atoms with Crippen molar-refractivity contribution in [3.05, 3.63) is 88.7 Å². The Balaban J connectivity index is 1.52. The molecule has 1 aromatic heterocycles. The van der Waals surface area contributed by atoms with Crippen LogP contribution < -0.4 is 5.32 Å². The first-order valence-corrected chi connectivity index (χ1v) is 10.3. The lowest BCUT2D eigenvalue weighted by Crippen LogP contribution is -2.36. The summed E-state index contributed by atoms with van der Waals surface area (Å²) in [4.78, 5) is 39.2. The lowest BCUT2D eigenvalue weighted by molar-refractivity contribution is -0.127. The van der Waals surface area contributed by atoms with Gasteiger partial charge >= 0.3 is 6.03 Å². The van der Waals surface area contributed by atoms with Crippen molar-refractivity contribution in [3.63, 3.8) is 0 Å². The zero-order valence-electron chi connectivity index (χ0n) is 17.9. The lowest BCUT2D eigenvalue weighted by atomic mass is 10.1. The molecular weight excluding hydrogens is 390 g/mol. The van der Waals surface area contributed by atoms with Crippen molar-refractivity contribution in [2.45, 2.75) is 33.2 Å². The third kappa shape index (κ3) is 4.01. The molecule has 0 spiro atoms. The zero-order valence-corrected chi connectivity index (χ0v) is 17.9. The highest BCUT2D eigenvalue weighted by Gasteiger charge is 2.39. The first kappa shape index (κ1) is 20.6. The molecule has 2 aromatic carbocycles. The molecule has 3 amide bonds. The van der Waals surface area contributed by atoms with E-state index in [9.17, 15) is 14.4 Å². The molecule has 4 rings (SSSR count). The first-order chi connectivity index (χ1) is 14.8. The fourth-order valence-corrected chi connectivity index (χ4v) is 4.08. The molecule has 2 heterocycles. The number of nitrogens with zero attached hydrogens (tertiary/aromatic N) is 2. The van der Waals surface area contributed by atoms with Crippen LogP contribution in [0.4, 0.5) is 4.79 Å². The Bertz CT molecular complexity index is 1150. The quantitative estimate of drug-likeness (QED) is 0.492. The average Bonchev–Trinajstić information content (AvgIpc) is 3.19. The number of imide groups is 1. The van der Waals surface area contributed by atoms with Gasteiger partial charge in [-0.05, 0) is 44.5 Å². The number of nitrogens with one attached hydrogen (secondary N) is 1. The van der Waals surface area contributed by atoms with Gasteiger partial charge in [-0.15, -0.1) is 0 Å². The SMILES string of the molecule is Cc1ccc(-n2c(C)cc(C(=O)CN3C(=O)N[C@H](Cc4ccccc4)C3=O)c2C)cc1. The number of urea groups is 1. The van der Waals surface area contributed by atoms with Crippen LogP contribution in [0.2, 0.25) is 0 Å². The highest BCUT2D eigenvalue weighted by Crippen LogP contribution is 2.22. The number of amides is 3. The van der Waals surface area contributed by atoms with Crippen LogP contribution in [0.15, 0.2) is 60.7 Å². The van der Waals surface area contributed by atoms with Gasteiger partial charge in [0.2, 0.25) is 0 Å². The summed E-state index contributed by atoms with van der Waals surface area (Å²) in [5, 5.41) is 2.70. The Labute approximate surface area is 181 Å². The van der Waals surface area contributed by atoms with E-state index in [1.165, 1.54) is 0 Å². The van der Waals surface area contributed by atoms with E-state index < -0.39 is 12.1 Å². The molecule has 1 aliphatic rings. The van der Waals surface area contributed by atoms with Gasteiger partial charge in [0, 0.05) is 29.1 Å². The Hall–Kier alpha value is -3.67. The second kappa shape index (κ2) is 8.22. The molecule has 158 valence electrons. The minimum atomic E-state index is -0.650. The maximum Gasteiger partial charge on any atom is 0.325 e. The second-order valence-corrected chi connectivity index (χ2v) is 8.00. The molecule has 0 radical (unpaired) electrons. The van der Waals surface area contributed by atoms with Crippen molar-refractivity contribution in [2.24, 2.45) is 0 Å². The molecule has 0 saturated carbocycles. The van der Waals surface area contributed by atoms with E-state index in [-0.39, 0.29) is 18.2 Å². The van der Waals surface area contributed by atoms with Gasteiger partial charge in [-0.2, -0.15) is 0 Å². The van der Waals surface area contributed by atoms with Gasteiger partial charge in [0.05, 0.1) is 6.54 Å². The van der Waals surface area contributed by atoms with Crippen molar-refractivity contribution >= 4 is 17.7 Å². The molecule has 1 atom stereocenters. The number of carbonyl (C=O) groups excluding carboxylic acids is 3. The molecule has 6 nitrogen and oxygen atoms in total. The minimum Gasteiger partial charge on any atom is -0.325 e. The molecule has 0 bridgehead atoms. The summed E-state index contributed by atoms with van der Waals surface area (Å²) in [6.07, 6.45) is 0.401. The van der Waals surface area contributed by atoms with Crippen LogP contribution in [-0.2, 0) is 11.2 Å². The Morgan fingerprint density at radius 1 is 0.968 bits per heavy atom. The number of benzene rings is 2.